The number of benzene rings is 2. The van der Waals surface area contributed by atoms with Crippen molar-refractivity contribution in [1.82, 2.24) is 4.90 Å². The fraction of sp³-hybridized carbons (Fsp3) is 0.235. The number of rotatable bonds is 3. The van der Waals surface area contributed by atoms with Crippen molar-refractivity contribution in [3.05, 3.63) is 53.6 Å². The lowest BCUT2D eigenvalue weighted by Gasteiger charge is -2.27. The van der Waals surface area contributed by atoms with E-state index in [1.165, 1.54) is 0 Å². The van der Waals surface area contributed by atoms with Crippen LogP contribution in [0.15, 0.2) is 58.3 Å². The number of urea groups is 1. The predicted molar refractivity (Wildman–Crippen MR) is 93.4 cm³/mol. The van der Waals surface area contributed by atoms with Crippen molar-refractivity contribution in [1.29, 1.82) is 0 Å². The first-order chi connectivity index (χ1) is 11.2. The van der Waals surface area contributed by atoms with Crippen molar-refractivity contribution in [3.63, 3.8) is 0 Å². The monoisotopic (exact) mass is 348 g/mol. The van der Waals surface area contributed by atoms with Crippen LogP contribution in [0.4, 0.5) is 10.5 Å². The number of hydrogen-bond donors (Lipinski definition) is 1. The predicted octanol–water partition coefficient (Wildman–Crippen LogP) is 4.36. The van der Waals surface area contributed by atoms with E-state index in [4.69, 9.17) is 16.3 Å². The maximum absolute atomic E-state index is 12.2. The average Bonchev–Trinajstić information content (AvgIpc) is 2.59. The van der Waals surface area contributed by atoms with Gasteiger partial charge in [0, 0.05) is 28.6 Å². The van der Waals surface area contributed by atoms with Gasteiger partial charge in [-0.05, 0) is 30.3 Å². The van der Waals surface area contributed by atoms with E-state index in [0.717, 1.165) is 9.79 Å². The summed E-state index contributed by atoms with van der Waals surface area (Å²) in [6.07, 6.45) is 0. The van der Waals surface area contributed by atoms with Crippen molar-refractivity contribution in [2.24, 2.45) is 0 Å². The van der Waals surface area contributed by atoms with Crippen molar-refractivity contribution >= 4 is 35.1 Å². The number of carbonyl (C=O) groups excluding carboxylic acids is 1. The van der Waals surface area contributed by atoms with Crippen molar-refractivity contribution in [2.75, 3.05) is 31.6 Å². The Morgan fingerprint density at radius 3 is 2.57 bits per heavy atom. The normalized spacial score (nSPS) is 14.6. The van der Waals surface area contributed by atoms with Gasteiger partial charge in [0.05, 0.1) is 18.2 Å². The Kier molecular flexibility index (Phi) is 5.43. The molecule has 1 saturated heterocycles. The molecule has 0 spiro atoms. The van der Waals surface area contributed by atoms with E-state index in [2.05, 4.69) is 5.32 Å². The number of halogens is 1. The quantitative estimate of drug-likeness (QED) is 0.896. The Bertz CT molecular complexity index is 676. The molecule has 0 unspecified atom stereocenters. The highest BCUT2D eigenvalue weighted by Gasteiger charge is 2.17. The van der Waals surface area contributed by atoms with E-state index in [0.29, 0.717) is 37.0 Å². The van der Waals surface area contributed by atoms with Crippen LogP contribution < -0.4 is 5.32 Å². The first-order valence-corrected chi connectivity index (χ1v) is 8.58. The van der Waals surface area contributed by atoms with Gasteiger partial charge in [-0.15, -0.1) is 0 Å². The third-order valence-electron chi connectivity index (χ3n) is 3.45. The van der Waals surface area contributed by atoms with Gasteiger partial charge in [-0.3, -0.25) is 0 Å². The van der Waals surface area contributed by atoms with Crippen LogP contribution in [-0.4, -0.2) is 37.2 Å². The summed E-state index contributed by atoms with van der Waals surface area (Å²) < 4.78 is 5.25. The highest BCUT2D eigenvalue weighted by atomic mass is 35.5. The summed E-state index contributed by atoms with van der Waals surface area (Å²) in [6, 6.07) is 15.5. The van der Waals surface area contributed by atoms with Crippen LogP contribution in [0.5, 0.6) is 0 Å². The zero-order valence-electron chi connectivity index (χ0n) is 12.5. The van der Waals surface area contributed by atoms with Gasteiger partial charge in [0.25, 0.3) is 0 Å². The number of anilines is 1. The molecule has 0 bridgehead atoms. The van der Waals surface area contributed by atoms with Crippen LogP contribution in [0.25, 0.3) is 0 Å². The third-order valence-corrected chi connectivity index (χ3v) is 4.96. The number of morpholine rings is 1. The Balaban J connectivity index is 1.65. The van der Waals surface area contributed by atoms with E-state index in [1.807, 2.05) is 42.5 Å². The van der Waals surface area contributed by atoms with Crippen LogP contribution in [0, 0.1) is 0 Å². The van der Waals surface area contributed by atoms with E-state index < -0.39 is 0 Å². The van der Waals surface area contributed by atoms with Crippen molar-refractivity contribution in [2.45, 2.75) is 9.79 Å². The van der Waals surface area contributed by atoms with Crippen molar-refractivity contribution in [3.8, 4) is 0 Å². The molecule has 0 saturated carbocycles. The lowest BCUT2D eigenvalue weighted by Crippen LogP contribution is -2.43. The first-order valence-electron chi connectivity index (χ1n) is 7.38. The largest absolute Gasteiger partial charge is 0.378 e. The lowest BCUT2D eigenvalue weighted by atomic mass is 10.3. The van der Waals surface area contributed by atoms with Gasteiger partial charge in [-0.1, -0.05) is 41.6 Å². The number of nitrogens with zero attached hydrogens (tertiary/aromatic N) is 1. The number of nitrogens with one attached hydrogen (secondary N) is 1. The molecule has 2 aromatic carbocycles. The SMILES string of the molecule is O=C(Nc1ccc(Sc2ccccc2)c(Cl)c1)N1CCOCC1. The molecule has 0 atom stereocenters. The van der Waals surface area contributed by atoms with Crippen LogP contribution in [0.1, 0.15) is 0 Å². The highest BCUT2D eigenvalue weighted by molar-refractivity contribution is 7.99. The van der Waals surface area contributed by atoms with Gasteiger partial charge < -0.3 is 15.0 Å². The first kappa shape index (κ1) is 16.2. The van der Waals surface area contributed by atoms with Gasteiger partial charge >= 0.3 is 6.03 Å². The van der Waals surface area contributed by atoms with Gasteiger partial charge in [0.1, 0.15) is 0 Å². The average molecular weight is 349 g/mol. The molecule has 1 N–H and O–H groups in total. The van der Waals surface area contributed by atoms with Gasteiger partial charge in [0.15, 0.2) is 0 Å². The maximum Gasteiger partial charge on any atom is 0.322 e. The molecular formula is C17H17ClN2O2S. The molecule has 1 aliphatic rings. The Morgan fingerprint density at radius 2 is 1.87 bits per heavy atom. The van der Waals surface area contributed by atoms with E-state index in [1.54, 1.807) is 22.7 Å². The number of amides is 2. The highest BCUT2D eigenvalue weighted by Crippen LogP contribution is 2.34. The fourth-order valence-electron chi connectivity index (χ4n) is 2.25. The molecule has 0 radical (unpaired) electrons. The van der Waals surface area contributed by atoms with Crippen molar-refractivity contribution < 1.29 is 9.53 Å². The molecule has 1 aliphatic heterocycles. The molecular weight excluding hydrogens is 332 g/mol. The molecule has 4 nitrogen and oxygen atoms in total. The van der Waals surface area contributed by atoms with E-state index in [9.17, 15) is 4.79 Å². The van der Waals surface area contributed by atoms with Gasteiger partial charge in [0.2, 0.25) is 0 Å². The zero-order valence-corrected chi connectivity index (χ0v) is 14.1. The van der Waals surface area contributed by atoms with Crippen LogP contribution in [-0.2, 0) is 4.74 Å². The number of ether oxygens (including phenoxy) is 1. The standard InChI is InChI=1S/C17H17ClN2O2S/c18-15-12-13(19-17(21)20-8-10-22-11-9-20)6-7-16(15)23-14-4-2-1-3-5-14/h1-7,12H,8-11H2,(H,19,21). The molecule has 3 rings (SSSR count). The second-order valence-electron chi connectivity index (χ2n) is 5.09. The summed E-state index contributed by atoms with van der Waals surface area (Å²) in [7, 11) is 0. The van der Waals surface area contributed by atoms with E-state index >= 15 is 0 Å². The summed E-state index contributed by atoms with van der Waals surface area (Å²) in [5, 5.41) is 3.51. The molecule has 0 aliphatic carbocycles. The summed E-state index contributed by atoms with van der Waals surface area (Å²) >= 11 is 7.94. The molecule has 120 valence electrons. The lowest BCUT2D eigenvalue weighted by molar-refractivity contribution is 0.0564. The second kappa shape index (κ2) is 7.73. The minimum Gasteiger partial charge on any atom is -0.378 e. The Labute approximate surface area is 144 Å². The zero-order chi connectivity index (χ0) is 16.1. The Hall–Kier alpha value is -1.69. The molecule has 23 heavy (non-hydrogen) atoms. The van der Waals surface area contributed by atoms with Gasteiger partial charge in [-0.2, -0.15) is 0 Å². The summed E-state index contributed by atoms with van der Waals surface area (Å²) in [6.45, 7) is 2.39. The molecule has 6 heteroatoms. The van der Waals surface area contributed by atoms with Gasteiger partial charge in [-0.25, -0.2) is 4.79 Å². The smallest absolute Gasteiger partial charge is 0.322 e. The van der Waals surface area contributed by atoms with E-state index in [-0.39, 0.29) is 6.03 Å². The van der Waals surface area contributed by atoms with Crippen LogP contribution in [0.3, 0.4) is 0 Å². The fourth-order valence-corrected chi connectivity index (χ4v) is 3.38. The second-order valence-corrected chi connectivity index (χ2v) is 6.61. The molecule has 1 fully saturated rings. The van der Waals surface area contributed by atoms with Crippen LogP contribution >= 0.6 is 23.4 Å². The minimum absolute atomic E-state index is 0.118. The topological polar surface area (TPSA) is 41.6 Å². The number of hydrogen-bond acceptors (Lipinski definition) is 3. The number of carbonyl (C=O) groups is 1. The molecule has 1 heterocycles. The molecule has 0 aromatic heterocycles. The summed E-state index contributed by atoms with van der Waals surface area (Å²) in [4.78, 5) is 16.0. The minimum atomic E-state index is -0.118. The summed E-state index contributed by atoms with van der Waals surface area (Å²) in [5.41, 5.74) is 0.698. The Morgan fingerprint density at radius 1 is 1.13 bits per heavy atom. The maximum atomic E-state index is 12.2. The molecule has 2 amide bonds. The molecule has 2 aromatic rings. The summed E-state index contributed by atoms with van der Waals surface area (Å²) in [5.74, 6) is 0. The third kappa shape index (κ3) is 4.41. The van der Waals surface area contributed by atoms with Crippen LogP contribution in [0.2, 0.25) is 5.02 Å².